The molecule has 0 aliphatic carbocycles. The molecule has 0 radical (unpaired) electrons. The Balaban J connectivity index is 2.73. The predicted octanol–water partition coefficient (Wildman–Crippen LogP) is 4.06. The van der Waals surface area contributed by atoms with Crippen LogP contribution in [-0.4, -0.2) is 0 Å². The SMILES string of the molecule is CCC=CC=C(C)c1ccccc1. The van der Waals surface area contributed by atoms with Crippen molar-refractivity contribution in [3.8, 4) is 0 Å². The molecule has 0 spiro atoms. The van der Waals surface area contributed by atoms with Gasteiger partial charge in [0.1, 0.15) is 0 Å². The molecular formula is C13H16. The molecule has 68 valence electrons. The molecule has 0 heterocycles. The first-order valence-corrected chi connectivity index (χ1v) is 4.73. The van der Waals surface area contributed by atoms with E-state index in [1.165, 1.54) is 11.1 Å². The van der Waals surface area contributed by atoms with Crippen LogP contribution in [0.1, 0.15) is 25.8 Å². The highest BCUT2D eigenvalue weighted by Gasteiger charge is 1.89. The van der Waals surface area contributed by atoms with Crippen molar-refractivity contribution in [2.75, 3.05) is 0 Å². The maximum absolute atomic E-state index is 2.16. The summed E-state index contributed by atoms with van der Waals surface area (Å²) >= 11 is 0. The summed E-state index contributed by atoms with van der Waals surface area (Å²) < 4.78 is 0. The zero-order valence-corrected chi connectivity index (χ0v) is 8.33. The van der Waals surface area contributed by atoms with E-state index in [4.69, 9.17) is 0 Å². The molecule has 0 aliphatic heterocycles. The predicted molar refractivity (Wildman–Crippen MR) is 59.5 cm³/mol. The number of allylic oxidation sites excluding steroid dienone is 4. The third-order valence-corrected chi connectivity index (χ3v) is 1.95. The summed E-state index contributed by atoms with van der Waals surface area (Å²) in [5, 5.41) is 0. The molecule has 0 atom stereocenters. The minimum Gasteiger partial charge on any atom is -0.0848 e. The number of hydrogen-bond donors (Lipinski definition) is 0. The lowest BCUT2D eigenvalue weighted by Crippen LogP contribution is -1.76. The van der Waals surface area contributed by atoms with Crippen LogP contribution in [0, 0.1) is 0 Å². The maximum Gasteiger partial charge on any atom is -0.0227 e. The Bertz CT molecular complexity index is 291. The fraction of sp³-hybridized carbons (Fsp3) is 0.231. The van der Waals surface area contributed by atoms with E-state index in [0.717, 1.165) is 6.42 Å². The summed E-state index contributed by atoms with van der Waals surface area (Å²) in [4.78, 5) is 0. The van der Waals surface area contributed by atoms with Gasteiger partial charge in [-0.1, -0.05) is 55.5 Å². The summed E-state index contributed by atoms with van der Waals surface area (Å²) in [6, 6.07) is 10.4. The molecule has 0 amide bonds. The molecule has 0 heteroatoms. The fourth-order valence-corrected chi connectivity index (χ4v) is 1.15. The standard InChI is InChI=1S/C13H16/c1-3-4-6-9-12(2)13-10-7-5-8-11-13/h4-11H,3H2,1-2H3. The van der Waals surface area contributed by atoms with Crippen molar-refractivity contribution in [3.63, 3.8) is 0 Å². The first-order chi connectivity index (χ1) is 6.34. The lowest BCUT2D eigenvalue weighted by atomic mass is 10.1. The van der Waals surface area contributed by atoms with Crippen LogP contribution in [-0.2, 0) is 0 Å². The Kier molecular flexibility index (Phi) is 4.04. The first-order valence-electron chi connectivity index (χ1n) is 4.73. The van der Waals surface area contributed by atoms with Crippen molar-refractivity contribution in [2.45, 2.75) is 20.3 Å². The van der Waals surface area contributed by atoms with Gasteiger partial charge in [0.2, 0.25) is 0 Å². The Morgan fingerprint density at radius 1 is 1.23 bits per heavy atom. The Morgan fingerprint density at radius 3 is 2.54 bits per heavy atom. The number of hydrogen-bond acceptors (Lipinski definition) is 0. The van der Waals surface area contributed by atoms with Crippen molar-refractivity contribution >= 4 is 5.57 Å². The third-order valence-electron chi connectivity index (χ3n) is 1.95. The number of benzene rings is 1. The van der Waals surface area contributed by atoms with Crippen molar-refractivity contribution in [1.82, 2.24) is 0 Å². The lowest BCUT2D eigenvalue weighted by molar-refractivity contribution is 1.22. The van der Waals surface area contributed by atoms with E-state index in [0.29, 0.717) is 0 Å². The van der Waals surface area contributed by atoms with Gasteiger partial charge in [0.15, 0.2) is 0 Å². The van der Waals surface area contributed by atoms with Gasteiger partial charge in [-0.05, 0) is 24.5 Å². The average molecular weight is 172 g/mol. The molecule has 0 saturated heterocycles. The Hall–Kier alpha value is -1.30. The van der Waals surface area contributed by atoms with E-state index >= 15 is 0 Å². The second-order valence-corrected chi connectivity index (χ2v) is 3.05. The van der Waals surface area contributed by atoms with Crippen LogP contribution in [0.15, 0.2) is 48.6 Å². The van der Waals surface area contributed by atoms with E-state index in [-0.39, 0.29) is 0 Å². The van der Waals surface area contributed by atoms with E-state index in [2.05, 4.69) is 56.3 Å². The molecule has 1 aromatic rings. The summed E-state index contributed by atoms with van der Waals surface area (Å²) in [6.45, 7) is 4.28. The van der Waals surface area contributed by atoms with Gasteiger partial charge < -0.3 is 0 Å². The van der Waals surface area contributed by atoms with Gasteiger partial charge in [0.25, 0.3) is 0 Å². The number of rotatable bonds is 3. The molecule has 0 unspecified atom stereocenters. The summed E-state index contributed by atoms with van der Waals surface area (Å²) in [5.41, 5.74) is 2.61. The van der Waals surface area contributed by atoms with E-state index in [1.54, 1.807) is 0 Å². The van der Waals surface area contributed by atoms with Gasteiger partial charge >= 0.3 is 0 Å². The smallest absolute Gasteiger partial charge is 0.0227 e. The van der Waals surface area contributed by atoms with Crippen LogP contribution in [0.3, 0.4) is 0 Å². The van der Waals surface area contributed by atoms with Crippen LogP contribution in [0.2, 0.25) is 0 Å². The van der Waals surface area contributed by atoms with Crippen LogP contribution in [0.25, 0.3) is 5.57 Å². The molecule has 0 aliphatic rings. The van der Waals surface area contributed by atoms with Gasteiger partial charge in [0, 0.05) is 0 Å². The van der Waals surface area contributed by atoms with Crippen molar-refractivity contribution in [3.05, 3.63) is 54.1 Å². The highest BCUT2D eigenvalue weighted by Crippen LogP contribution is 2.12. The minimum atomic E-state index is 1.10. The zero-order chi connectivity index (χ0) is 9.52. The lowest BCUT2D eigenvalue weighted by Gasteiger charge is -1.98. The largest absolute Gasteiger partial charge is 0.0848 e. The molecule has 0 N–H and O–H groups in total. The van der Waals surface area contributed by atoms with Gasteiger partial charge in [-0.25, -0.2) is 0 Å². The Labute approximate surface area is 80.6 Å². The molecule has 0 nitrogen and oxygen atoms in total. The summed E-state index contributed by atoms with van der Waals surface area (Å²) in [5.74, 6) is 0. The van der Waals surface area contributed by atoms with Gasteiger partial charge in [-0.3, -0.25) is 0 Å². The minimum absolute atomic E-state index is 1.10. The molecule has 0 fully saturated rings. The van der Waals surface area contributed by atoms with E-state index < -0.39 is 0 Å². The zero-order valence-electron chi connectivity index (χ0n) is 8.33. The van der Waals surface area contributed by atoms with E-state index in [1.807, 2.05) is 6.07 Å². The van der Waals surface area contributed by atoms with Crippen LogP contribution in [0.4, 0.5) is 0 Å². The molecule has 0 aromatic heterocycles. The van der Waals surface area contributed by atoms with Crippen molar-refractivity contribution < 1.29 is 0 Å². The van der Waals surface area contributed by atoms with Gasteiger partial charge in [-0.2, -0.15) is 0 Å². The Morgan fingerprint density at radius 2 is 1.92 bits per heavy atom. The first kappa shape index (κ1) is 9.79. The van der Waals surface area contributed by atoms with E-state index in [9.17, 15) is 0 Å². The molecule has 13 heavy (non-hydrogen) atoms. The average Bonchev–Trinajstić information content (AvgIpc) is 2.19. The molecule has 0 saturated carbocycles. The maximum atomic E-state index is 2.16. The topological polar surface area (TPSA) is 0 Å². The van der Waals surface area contributed by atoms with Crippen LogP contribution >= 0.6 is 0 Å². The second-order valence-electron chi connectivity index (χ2n) is 3.05. The van der Waals surface area contributed by atoms with Gasteiger partial charge in [0.05, 0.1) is 0 Å². The molecular weight excluding hydrogens is 156 g/mol. The molecule has 1 aromatic carbocycles. The molecule has 1 rings (SSSR count). The fourth-order valence-electron chi connectivity index (χ4n) is 1.15. The second kappa shape index (κ2) is 5.36. The van der Waals surface area contributed by atoms with Crippen molar-refractivity contribution in [1.29, 1.82) is 0 Å². The highest BCUT2D eigenvalue weighted by atomic mass is 14.0. The van der Waals surface area contributed by atoms with Crippen LogP contribution < -0.4 is 0 Å². The summed E-state index contributed by atoms with van der Waals surface area (Å²) in [7, 11) is 0. The van der Waals surface area contributed by atoms with Crippen LogP contribution in [0.5, 0.6) is 0 Å². The van der Waals surface area contributed by atoms with Crippen molar-refractivity contribution in [2.24, 2.45) is 0 Å². The quantitative estimate of drug-likeness (QED) is 0.603. The van der Waals surface area contributed by atoms with Gasteiger partial charge in [-0.15, -0.1) is 0 Å². The summed E-state index contributed by atoms with van der Waals surface area (Å²) in [6.07, 6.45) is 7.52. The molecule has 0 bridgehead atoms. The highest BCUT2D eigenvalue weighted by molar-refractivity contribution is 5.64. The third kappa shape index (κ3) is 3.29. The monoisotopic (exact) mass is 172 g/mol. The normalized spacial score (nSPS) is 12.3.